The number of methoxy groups -OCH3 is 2. The number of ether oxygens (including phenoxy) is 2. The van der Waals surface area contributed by atoms with Crippen LogP contribution in [0.2, 0.25) is 0 Å². The minimum atomic E-state index is 0.489. The first-order valence-corrected chi connectivity index (χ1v) is 8.59. The summed E-state index contributed by atoms with van der Waals surface area (Å²) in [6.45, 7) is 1.92. The van der Waals surface area contributed by atoms with Crippen molar-refractivity contribution in [2.45, 2.75) is 6.92 Å². The summed E-state index contributed by atoms with van der Waals surface area (Å²) in [6, 6.07) is 13.4. The Hall–Kier alpha value is -3.92. The lowest BCUT2D eigenvalue weighted by atomic mass is 10.1. The highest BCUT2D eigenvalue weighted by atomic mass is 16.5. The van der Waals surface area contributed by atoms with Gasteiger partial charge in [-0.3, -0.25) is 4.98 Å². The largest absolute Gasteiger partial charge is 0.493 e. The van der Waals surface area contributed by atoms with Crippen LogP contribution in [-0.4, -0.2) is 33.8 Å². The molecule has 0 fully saturated rings. The summed E-state index contributed by atoms with van der Waals surface area (Å²) in [5, 5.41) is 14.0. The lowest BCUT2D eigenvalue weighted by Crippen LogP contribution is -1.98. The molecule has 138 valence electrons. The topological polar surface area (TPSA) is 85.3 Å². The maximum Gasteiger partial charge on any atom is 0.161 e. The van der Waals surface area contributed by atoms with Gasteiger partial charge in [-0.2, -0.15) is 10.4 Å². The van der Waals surface area contributed by atoms with Crippen molar-refractivity contribution in [1.29, 1.82) is 5.26 Å². The second kappa shape index (κ2) is 7.00. The zero-order valence-corrected chi connectivity index (χ0v) is 15.7. The molecule has 0 spiro atoms. The molecule has 0 aliphatic carbocycles. The molecule has 0 atom stereocenters. The standard InChI is InChI=1S/C21H17N5O2/c1-13-21(16-8-14(10-22)11-23-12-16)26-20(24-13)7-5-17(25-26)15-4-6-18(27-2)19(9-15)28-3/h4-9,11-12H,1-3H3. The molecule has 0 bridgehead atoms. The molecule has 3 heterocycles. The third-order valence-electron chi connectivity index (χ3n) is 4.47. The van der Waals surface area contributed by atoms with E-state index >= 15 is 0 Å². The van der Waals surface area contributed by atoms with E-state index in [0.717, 1.165) is 33.9 Å². The first-order valence-electron chi connectivity index (χ1n) is 8.59. The van der Waals surface area contributed by atoms with Crippen molar-refractivity contribution < 1.29 is 9.47 Å². The Morgan fingerprint density at radius 3 is 2.54 bits per heavy atom. The Balaban J connectivity index is 1.89. The molecule has 0 saturated carbocycles. The van der Waals surface area contributed by atoms with Crippen molar-refractivity contribution in [2.24, 2.45) is 0 Å². The lowest BCUT2D eigenvalue weighted by Gasteiger charge is -2.10. The maximum atomic E-state index is 9.18. The molecule has 0 saturated heterocycles. The van der Waals surface area contributed by atoms with Gasteiger partial charge in [0.05, 0.1) is 36.9 Å². The highest BCUT2D eigenvalue weighted by Gasteiger charge is 2.15. The van der Waals surface area contributed by atoms with E-state index in [4.69, 9.17) is 14.6 Å². The number of nitrogens with zero attached hydrogens (tertiary/aromatic N) is 5. The maximum absolute atomic E-state index is 9.18. The number of hydrogen-bond donors (Lipinski definition) is 0. The summed E-state index contributed by atoms with van der Waals surface area (Å²) in [6.07, 6.45) is 3.24. The molecule has 4 rings (SSSR count). The molecule has 4 aromatic rings. The third kappa shape index (κ3) is 2.91. The predicted octanol–water partition coefficient (Wildman–Crippen LogP) is 3.66. The van der Waals surface area contributed by atoms with Gasteiger partial charge < -0.3 is 9.47 Å². The SMILES string of the molecule is COc1ccc(-c2ccc3nc(C)c(-c4cncc(C#N)c4)n3n2)cc1OC. The average Bonchev–Trinajstić information content (AvgIpc) is 3.08. The summed E-state index contributed by atoms with van der Waals surface area (Å²) in [5.74, 6) is 1.29. The Morgan fingerprint density at radius 2 is 1.79 bits per heavy atom. The van der Waals surface area contributed by atoms with Crippen molar-refractivity contribution in [3.05, 3.63) is 60.0 Å². The van der Waals surface area contributed by atoms with E-state index in [2.05, 4.69) is 16.0 Å². The van der Waals surface area contributed by atoms with Gasteiger partial charge in [-0.05, 0) is 43.3 Å². The first kappa shape index (κ1) is 17.5. The number of hydrogen-bond acceptors (Lipinski definition) is 6. The molecule has 7 nitrogen and oxygen atoms in total. The quantitative estimate of drug-likeness (QED) is 0.544. The third-order valence-corrected chi connectivity index (χ3v) is 4.47. The van der Waals surface area contributed by atoms with Crippen molar-refractivity contribution >= 4 is 5.65 Å². The Bertz CT molecular complexity index is 1220. The molecule has 0 amide bonds. The fraction of sp³-hybridized carbons (Fsp3) is 0.143. The number of aromatic nitrogens is 4. The Labute approximate surface area is 161 Å². The van der Waals surface area contributed by atoms with E-state index in [1.807, 2.05) is 37.3 Å². The number of fused-ring (bicyclic) bond motifs is 1. The number of rotatable bonds is 4. The van der Waals surface area contributed by atoms with Crippen molar-refractivity contribution in [2.75, 3.05) is 14.2 Å². The van der Waals surface area contributed by atoms with Crippen LogP contribution in [0.1, 0.15) is 11.3 Å². The zero-order chi connectivity index (χ0) is 19.7. The molecular formula is C21H17N5O2. The second-order valence-electron chi connectivity index (χ2n) is 6.18. The van der Waals surface area contributed by atoms with Crippen LogP contribution in [-0.2, 0) is 0 Å². The van der Waals surface area contributed by atoms with Crippen LogP contribution in [0, 0.1) is 18.3 Å². The Morgan fingerprint density at radius 1 is 0.964 bits per heavy atom. The van der Waals surface area contributed by atoms with E-state index in [-0.39, 0.29) is 0 Å². The summed E-state index contributed by atoms with van der Waals surface area (Å²) < 4.78 is 12.5. The molecule has 1 aromatic carbocycles. The summed E-state index contributed by atoms with van der Waals surface area (Å²) in [7, 11) is 3.20. The molecule has 0 radical (unpaired) electrons. The lowest BCUT2D eigenvalue weighted by molar-refractivity contribution is 0.355. The number of aryl methyl sites for hydroxylation is 1. The summed E-state index contributed by atoms with van der Waals surface area (Å²) >= 11 is 0. The van der Waals surface area contributed by atoms with E-state index < -0.39 is 0 Å². The number of pyridine rings is 1. The van der Waals surface area contributed by atoms with Gasteiger partial charge in [0, 0.05) is 23.5 Å². The van der Waals surface area contributed by atoms with Crippen molar-refractivity contribution in [3.8, 4) is 40.1 Å². The average molecular weight is 371 g/mol. The van der Waals surface area contributed by atoms with Crippen LogP contribution < -0.4 is 9.47 Å². The van der Waals surface area contributed by atoms with Crippen molar-refractivity contribution in [3.63, 3.8) is 0 Å². The van der Waals surface area contributed by atoms with Crippen LogP contribution in [0.5, 0.6) is 11.5 Å². The van der Waals surface area contributed by atoms with Gasteiger partial charge in [0.15, 0.2) is 17.1 Å². The molecule has 28 heavy (non-hydrogen) atoms. The summed E-state index contributed by atoms with van der Waals surface area (Å²) in [5.41, 5.74) is 5.27. The van der Waals surface area contributed by atoms with Gasteiger partial charge in [-0.1, -0.05) is 0 Å². The van der Waals surface area contributed by atoms with Gasteiger partial charge in [-0.15, -0.1) is 0 Å². The normalized spacial score (nSPS) is 10.6. The highest BCUT2D eigenvalue weighted by molar-refractivity contribution is 5.69. The van der Waals surface area contributed by atoms with Gasteiger partial charge in [-0.25, -0.2) is 9.50 Å². The smallest absolute Gasteiger partial charge is 0.161 e. The monoisotopic (exact) mass is 371 g/mol. The van der Waals surface area contributed by atoms with Crippen LogP contribution >= 0.6 is 0 Å². The second-order valence-corrected chi connectivity index (χ2v) is 6.18. The van der Waals surface area contributed by atoms with E-state index in [1.165, 1.54) is 6.20 Å². The minimum Gasteiger partial charge on any atom is -0.493 e. The van der Waals surface area contributed by atoms with Crippen LogP contribution in [0.3, 0.4) is 0 Å². The van der Waals surface area contributed by atoms with Gasteiger partial charge >= 0.3 is 0 Å². The van der Waals surface area contributed by atoms with Gasteiger partial charge in [0.2, 0.25) is 0 Å². The molecule has 0 aliphatic heterocycles. The van der Waals surface area contributed by atoms with Crippen LogP contribution in [0.4, 0.5) is 0 Å². The van der Waals surface area contributed by atoms with E-state index in [9.17, 15) is 5.26 Å². The molecular weight excluding hydrogens is 354 g/mol. The number of nitriles is 1. The summed E-state index contributed by atoms with van der Waals surface area (Å²) in [4.78, 5) is 8.75. The first-order chi connectivity index (χ1) is 13.6. The molecule has 0 unspecified atom stereocenters. The fourth-order valence-corrected chi connectivity index (χ4v) is 3.15. The molecule has 3 aromatic heterocycles. The Kier molecular flexibility index (Phi) is 4.38. The zero-order valence-electron chi connectivity index (χ0n) is 15.7. The van der Waals surface area contributed by atoms with Crippen LogP contribution in [0.25, 0.3) is 28.2 Å². The predicted molar refractivity (Wildman–Crippen MR) is 104 cm³/mol. The highest BCUT2D eigenvalue weighted by Crippen LogP contribution is 2.32. The van der Waals surface area contributed by atoms with Gasteiger partial charge in [0.1, 0.15) is 6.07 Å². The number of benzene rings is 1. The van der Waals surface area contributed by atoms with E-state index in [1.54, 1.807) is 31.0 Å². The van der Waals surface area contributed by atoms with Gasteiger partial charge in [0.25, 0.3) is 0 Å². The molecule has 0 aliphatic rings. The van der Waals surface area contributed by atoms with E-state index in [0.29, 0.717) is 17.1 Å². The molecule has 7 heteroatoms. The number of imidazole rings is 1. The van der Waals surface area contributed by atoms with Crippen molar-refractivity contribution in [1.82, 2.24) is 19.6 Å². The minimum absolute atomic E-state index is 0.489. The van der Waals surface area contributed by atoms with Crippen LogP contribution in [0.15, 0.2) is 48.8 Å². The fourth-order valence-electron chi connectivity index (χ4n) is 3.15. The molecule has 0 N–H and O–H groups in total.